The van der Waals surface area contributed by atoms with Gasteiger partial charge < -0.3 is 10.2 Å². The van der Waals surface area contributed by atoms with Crippen molar-refractivity contribution in [1.82, 2.24) is 10.2 Å². The number of hydrogen-bond acceptors (Lipinski definition) is 2. The summed E-state index contributed by atoms with van der Waals surface area (Å²) in [6.07, 6.45) is 3.87. The Bertz CT molecular complexity index is 348. The average molecular weight is 253 g/mol. The molecule has 1 aromatic rings. The Labute approximate surface area is 109 Å². The molecule has 0 spiro atoms. The fourth-order valence-electron chi connectivity index (χ4n) is 2.52. The first-order chi connectivity index (χ1) is 8.29. The first kappa shape index (κ1) is 12.9. The van der Waals surface area contributed by atoms with Crippen molar-refractivity contribution in [2.75, 3.05) is 26.7 Å². The van der Waals surface area contributed by atoms with Crippen LogP contribution in [0.15, 0.2) is 24.3 Å². The summed E-state index contributed by atoms with van der Waals surface area (Å²) in [4.78, 5) is 2.55. The fourth-order valence-corrected chi connectivity index (χ4v) is 2.72. The quantitative estimate of drug-likeness (QED) is 0.867. The van der Waals surface area contributed by atoms with Gasteiger partial charge >= 0.3 is 0 Å². The van der Waals surface area contributed by atoms with Crippen molar-refractivity contribution in [3.05, 3.63) is 34.9 Å². The van der Waals surface area contributed by atoms with Gasteiger partial charge in [0.2, 0.25) is 0 Å². The van der Waals surface area contributed by atoms with Crippen LogP contribution in [0, 0.1) is 0 Å². The zero-order valence-electron chi connectivity index (χ0n) is 10.5. The molecule has 1 heterocycles. The highest BCUT2D eigenvalue weighted by Crippen LogP contribution is 2.21. The summed E-state index contributed by atoms with van der Waals surface area (Å²) >= 11 is 6.03. The molecule has 94 valence electrons. The van der Waals surface area contributed by atoms with Gasteiger partial charge in [-0.3, -0.25) is 0 Å². The smallest absolute Gasteiger partial charge is 0.0409 e. The van der Waals surface area contributed by atoms with Gasteiger partial charge in [-0.1, -0.05) is 23.7 Å². The van der Waals surface area contributed by atoms with Crippen LogP contribution in [0.25, 0.3) is 0 Å². The highest BCUT2D eigenvalue weighted by atomic mass is 35.5. The van der Waals surface area contributed by atoms with Gasteiger partial charge in [0.25, 0.3) is 0 Å². The number of rotatable bonds is 5. The van der Waals surface area contributed by atoms with E-state index in [1.54, 1.807) is 0 Å². The third-order valence-corrected chi connectivity index (χ3v) is 3.77. The van der Waals surface area contributed by atoms with Crippen molar-refractivity contribution in [2.24, 2.45) is 0 Å². The summed E-state index contributed by atoms with van der Waals surface area (Å²) in [6, 6.07) is 8.58. The molecule has 1 fully saturated rings. The van der Waals surface area contributed by atoms with Crippen molar-refractivity contribution >= 4 is 11.6 Å². The standard InChI is InChI=1S/C14H21ClN2/c1-16-14(7-10-17-8-2-3-9-17)12-5-4-6-13(15)11-12/h4-6,11,14,16H,2-3,7-10H2,1H3/t14-/m1/s1. The molecule has 3 heteroatoms. The maximum Gasteiger partial charge on any atom is 0.0409 e. The molecule has 0 aromatic heterocycles. The Morgan fingerprint density at radius 3 is 2.76 bits per heavy atom. The van der Waals surface area contributed by atoms with E-state index in [2.05, 4.69) is 22.3 Å². The Kier molecular flexibility index (Phi) is 4.84. The van der Waals surface area contributed by atoms with Gasteiger partial charge in [0, 0.05) is 11.1 Å². The van der Waals surface area contributed by atoms with Crippen LogP contribution in [0.5, 0.6) is 0 Å². The van der Waals surface area contributed by atoms with Crippen molar-refractivity contribution in [1.29, 1.82) is 0 Å². The van der Waals surface area contributed by atoms with E-state index >= 15 is 0 Å². The van der Waals surface area contributed by atoms with Gasteiger partial charge in [-0.25, -0.2) is 0 Å². The van der Waals surface area contributed by atoms with Crippen LogP contribution in [0.4, 0.5) is 0 Å². The van der Waals surface area contributed by atoms with Gasteiger partial charge in [-0.2, -0.15) is 0 Å². The van der Waals surface area contributed by atoms with Crippen LogP contribution in [0.3, 0.4) is 0 Å². The lowest BCUT2D eigenvalue weighted by atomic mass is 10.0. The number of nitrogens with zero attached hydrogens (tertiary/aromatic N) is 1. The molecule has 1 aliphatic rings. The van der Waals surface area contributed by atoms with Crippen LogP contribution in [-0.2, 0) is 0 Å². The molecular formula is C14H21ClN2. The summed E-state index contributed by atoms with van der Waals surface area (Å²) in [5.41, 5.74) is 1.29. The fraction of sp³-hybridized carbons (Fsp3) is 0.571. The number of halogens is 1. The summed E-state index contributed by atoms with van der Waals surface area (Å²) in [5.74, 6) is 0. The number of nitrogens with one attached hydrogen (secondary N) is 1. The van der Waals surface area contributed by atoms with Crippen molar-refractivity contribution in [3.63, 3.8) is 0 Å². The van der Waals surface area contributed by atoms with Crippen molar-refractivity contribution < 1.29 is 0 Å². The predicted molar refractivity (Wildman–Crippen MR) is 73.5 cm³/mol. The topological polar surface area (TPSA) is 15.3 Å². The van der Waals surface area contributed by atoms with Gasteiger partial charge in [0.15, 0.2) is 0 Å². The molecule has 1 saturated heterocycles. The predicted octanol–water partition coefficient (Wildman–Crippen LogP) is 3.09. The lowest BCUT2D eigenvalue weighted by Crippen LogP contribution is -2.26. The van der Waals surface area contributed by atoms with Gasteiger partial charge in [0.1, 0.15) is 0 Å². The SMILES string of the molecule is CN[C@H](CCN1CCCC1)c1cccc(Cl)c1. The summed E-state index contributed by atoms with van der Waals surface area (Å²) in [7, 11) is 2.02. The normalized spacial score (nSPS) is 18.5. The van der Waals surface area contributed by atoms with Crippen LogP contribution >= 0.6 is 11.6 Å². The molecule has 0 saturated carbocycles. The highest BCUT2D eigenvalue weighted by Gasteiger charge is 2.15. The molecule has 2 nitrogen and oxygen atoms in total. The molecule has 1 aromatic carbocycles. The zero-order chi connectivity index (χ0) is 12.1. The second kappa shape index (κ2) is 6.39. The second-order valence-corrected chi connectivity index (χ2v) is 5.17. The first-order valence-corrected chi connectivity index (χ1v) is 6.82. The van der Waals surface area contributed by atoms with Gasteiger partial charge in [-0.05, 0) is 63.6 Å². The molecule has 0 radical (unpaired) electrons. The van der Waals surface area contributed by atoms with Crippen LogP contribution in [0.1, 0.15) is 30.9 Å². The number of likely N-dealkylation sites (tertiary alicyclic amines) is 1. The average Bonchev–Trinajstić information content (AvgIpc) is 2.83. The van der Waals surface area contributed by atoms with Crippen molar-refractivity contribution in [2.45, 2.75) is 25.3 Å². The molecule has 0 amide bonds. The molecule has 0 bridgehead atoms. The highest BCUT2D eigenvalue weighted by molar-refractivity contribution is 6.30. The Balaban J connectivity index is 1.91. The number of hydrogen-bond donors (Lipinski definition) is 1. The van der Waals surface area contributed by atoms with E-state index in [0.717, 1.165) is 11.4 Å². The molecule has 2 rings (SSSR count). The minimum absolute atomic E-state index is 0.411. The van der Waals surface area contributed by atoms with Crippen LogP contribution in [0.2, 0.25) is 5.02 Å². The van der Waals surface area contributed by atoms with E-state index in [1.807, 2.05) is 19.2 Å². The van der Waals surface area contributed by atoms with E-state index in [-0.39, 0.29) is 0 Å². The van der Waals surface area contributed by atoms with E-state index in [9.17, 15) is 0 Å². The summed E-state index contributed by atoms with van der Waals surface area (Å²) < 4.78 is 0. The molecule has 17 heavy (non-hydrogen) atoms. The number of benzene rings is 1. The minimum atomic E-state index is 0.411. The summed E-state index contributed by atoms with van der Waals surface area (Å²) in [5, 5.41) is 4.21. The maximum absolute atomic E-state index is 6.03. The molecule has 1 N–H and O–H groups in total. The molecule has 0 unspecified atom stereocenters. The van der Waals surface area contributed by atoms with E-state index in [4.69, 9.17) is 11.6 Å². The first-order valence-electron chi connectivity index (χ1n) is 6.44. The van der Waals surface area contributed by atoms with Gasteiger partial charge in [-0.15, -0.1) is 0 Å². The molecule has 1 aliphatic heterocycles. The Morgan fingerprint density at radius 2 is 2.12 bits per heavy atom. The van der Waals surface area contributed by atoms with E-state index in [1.165, 1.54) is 38.0 Å². The monoisotopic (exact) mass is 252 g/mol. The maximum atomic E-state index is 6.03. The summed E-state index contributed by atoms with van der Waals surface area (Å²) in [6.45, 7) is 3.72. The van der Waals surface area contributed by atoms with Gasteiger partial charge in [0.05, 0.1) is 0 Å². The Morgan fingerprint density at radius 1 is 1.35 bits per heavy atom. The third kappa shape index (κ3) is 3.70. The largest absolute Gasteiger partial charge is 0.313 e. The lowest BCUT2D eigenvalue weighted by Gasteiger charge is -2.21. The minimum Gasteiger partial charge on any atom is -0.313 e. The van der Waals surface area contributed by atoms with Crippen LogP contribution < -0.4 is 5.32 Å². The Hall–Kier alpha value is -0.570. The zero-order valence-corrected chi connectivity index (χ0v) is 11.2. The van der Waals surface area contributed by atoms with E-state index < -0.39 is 0 Å². The molecular weight excluding hydrogens is 232 g/mol. The van der Waals surface area contributed by atoms with Crippen molar-refractivity contribution in [3.8, 4) is 0 Å². The lowest BCUT2D eigenvalue weighted by molar-refractivity contribution is 0.314. The second-order valence-electron chi connectivity index (χ2n) is 4.73. The molecule has 1 atom stereocenters. The van der Waals surface area contributed by atoms with E-state index in [0.29, 0.717) is 6.04 Å². The van der Waals surface area contributed by atoms with Crippen LogP contribution in [-0.4, -0.2) is 31.6 Å². The third-order valence-electron chi connectivity index (χ3n) is 3.53. The molecule has 0 aliphatic carbocycles.